The second-order valence-electron chi connectivity index (χ2n) is 8.46. The first kappa shape index (κ1) is 26.0. The van der Waals surface area contributed by atoms with Gasteiger partial charge in [0.1, 0.15) is 23.1 Å². The molecule has 7 nitrogen and oxygen atoms in total. The minimum absolute atomic E-state index is 0.0345. The van der Waals surface area contributed by atoms with Crippen LogP contribution in [0.1, 0.15) is 62.9 Å². The van der Waals surface area contributed by atoms with Crippen molar-refractivity contribution < 1.29 is 19.0 Å². The maximum Gasteiger partial charge on any atom is 0.254 e. The number of amidine groups is 1. The summed E-state index contributed by atoms with van der Waals surface area (Å²) >= 11 is 0. The molecule has 0 aliphatic carbocycles. The van der Waals surface area contributed by atoms with Gasteiger partial charge >= 0.3 is 0 Å². The van der Waals surface area contributed by atoms with Gasteiger partial charge in [-0.1, -0.05) is 0 Å². The van der Waals surface area contributed by atoms with Gasteiger partial charge in [-0.05, 0) is 83.4 Å². The highest BCUT2D eigenvalue weighted by Gasteiger charge is 2.21. The summed E-state index contributed by atoms with van der Waals surface area (Å²) in [5.74, 6) is 1.99. The number of amides is 1. The predicted molar refractivity (Wildman–Crippen MR) is 132 cm³/mol. The van der Waals surface area contributed by atoms with Gasteiger partial charge in [0, 0.05) is 23.7 Å². The Morgan fingerprint density at radius 2 is 1.45 bits per heavy atom. The number of hydrogen-bond donors (Lipinski definition) is 2. The summed E-state index contributed by atoms with van der Waals surface area (Å²) in [5, 5.41) is 7.55. The number of unbranched alkanes of at least 4 members (excludes halogenated alkanes) is 2. The molecule has 2 aromatic carbocycles. The predicted octanol–water partition coefficient (Wildman–Crippen LogP) is 4.87. The number of ether oxygens (including phenoxy) is 3. The number of carbonyl (C=O) groups excluding carboxylic acids is 1. The first-order valence-electron chi connectivity index (χ1n) is 11.4. The highest BCUT2D eigenvalue weighted by Crippen LogP contribution is 2.24. The van der Waals surface area contributed by atoms with Gasteiger partial charge in [-0.3, -0.25) is 10.2 Å². The van der Waals surface area contributed by atoms with E-state index < -0.39 is 0 Å². The standard InChI is InChI=1S/C26H37N3O4/c1-18(2)29(19(3)4)26(30)20-9-11-21(12-10-20)32-15-7-6-8-16-33-22-13-14-23(25(27)28)24(17-22)31-5/h9-14,17-19H,6-8,15-16H2,1-5H3,(H3,27,28). The minimum Gasteiger partial charge on any atom is -0.496 e. The largest absolute Gasteiger partial charge is 0.496 e. The highest BCUT2D eigenvalue weighted by molar-refractivity contribution is 5.97. The van der Waals surface area contributed by atoms with Gasteiger partial charge < -0.3 is 24.8 Å². The Bertz CT molecular complexity index is 902. The molecule has 0 saturated carbocycles. The van der Waals surface area contributed by atoms with Crippen LogP contribution in [0.4, 0.5) is 0 Å². The van der Waals surface area contributed by atoms with E-state index >= 15 is 0 Å². The number of methoxy groups -OCH3 is 1. The average Bonchev–Trinajstić information content (AvgIpc) is 2.78. The number of nitrogen functional groups attached to an aromatic ring is 1. The monoisotopic (exact) mass is 455 g/mol. The van der Waals surface area contributed by atoms with Crippen molar-refractivity contribution in [2.45, 2.75) is 59.0 Å². The number of nitrogens with one attached hydrogen (secondary N) is 1. The molecule has 0 bridgehead atoms. The van der Waals surface area contributed by atoms with E-state index in [0.29, 0.717) is 35.8 Å². The number of nitrogens with two attached hydrogens (primary N) is 1. The van der Waals surface area contributed by atoms with E-state index in [2.05, 4.69) is 0 Å². The summed E-state index contributed by atoms with van der Waals surface area (Å²) in [6.45, 7) is 9.31. The Labute approximate surface area is 197 Å². The van der Waals surface area contributed by atoms with Crippen LogP contribution in [-0.4, -0.2) is 49.0 Å². The van der Waals surface area contributed by atoms with Crippen LogP contribution in [-0.2, 0) is 0 Å². The third kappa shape index (κ3) is 7.70. The van der Waals surface area contributed by atoms with Gasteiger partial charge in [-0.15, -0.1) is 0 Å². The van der Waals surface area contributed by atoms with E-state index in [1.807, 2.05) is 56.9 Å². The number of benzene rings is 2. The van der Waals surface area contributed by atoms with Crippen molar-refractivity contribution in [2.75, 3.05) is 20.3 Å². The first-order valence-corrected chi connectivity index (χ1v) is 11.4. The van der Waals surface area contributed by atoms with E-state index in [9.17, 15) is 4.79 Å². The maximum atomic E-state index is 12.7. The quantitative estimate of drug-likeness (QED) is 0.255. The molecular formula is C26H37N3O4. The zero-order valence-electron chi connectivity index (χ0n) is 20.4. The Morgan fingerprint density at radius 3 is 1.97 bits per heavy atom. The fraction of sp³-hybridized carbons (Fsp3) is 0.462. The zero-order chi connectivity index (χ0) is 24.4. The SMILES string of the molecule is COc1cc(OCCCCCOc2ccc(C(=O)N(C(C)C)C(C)C)cc2)ccc1C(=N)N. The normalized spacial score (nSPS) is 10.9. The Balaban J connectivity index is 1.70. The molecule has 0 fully saturated rings. The fourth-order valence-corrected chi connectivity index (χ4v) is 3.65. The molecule has 0 unspecified atom stereocenters. The van der Waals surface area contributed by atoms with Gasteiger partial charge in [-0.2, -0.15) is 0 Å². The van der Waals surface area contributed by atoms with Gasteiger partial charge in [0.15, 0.2) is 0 Å². The minimum atomic E-state index is -0.0345. The lowest BCUT2D eigenvalue weighted by Crippen LogP contribution is -2.42. The Hall–Kier alpha value is -3.22. The molecule has 33 heavy (non-hydrogen) atoms. The summed E-state index contributed by atoms with van der Waals surface area (Å²) < 4.78 is 16.8. The van der Waals surface area contributed by atoms with Crippen molar-refractivity contribution in [1.82, 2.24) is 4.90 Å². The van der Waals surface area contributed by atoms with Crippen molar-refractivity contribution in [3.8, 4) is 17.2 Å². The van der Waals surface area contributed by atoms with Crippen LogP contribution < -0.4 is 19.9 Å². The van der Waals surface area contributed by atoms with Crippen LogP contribution in [0, 0.1) is 5.41 Å². The number of rotatable bonds is 13. The molecular weight excluding hydrogens is 418 g/mol. The highest BCUT2D eigenvalue weighted by atomic mass is 16.5. The van der Waals surface area contributed by atoms with E-state index in [4.69, 9.17) is 25.4 Å². The Morgan fingerprint density at radius 1 is 0.909 bits per heavy atom. The van der Waals surface area contributed by atoms with Crippen molar-refractivity contribution in [3.05, 3.63) is 53.6 Å². The third-order valence-corrected chi connectivity index (χ3v) is 5.24. The molecule has 0 heterocycles. The molecule has 2 aromatic rings. The molecule has 0 saturated heterocycles. The van der Waals surface area contributed by atoms with Gasteiger partial charge in [0.2, 0.25) is 0 Å². The summed E-state index contributed by atoms with van der Waals surface area (Å²) in [4.78, 5) is 14.6. The van der Waals surface area contributed by atoms with Crippen molar-refractivity contribution >= 4 is 11.7 Å². The van der Waals surface area contributed by atoms with E-state index in [-0.39, 0.29) is 23.8 Å². The van der Waals surface area contributed by atoms with E-state index in [1.165, 1.54) is 0 Å². The lowest BCUT2D eigenvalue weighted by molar-refractivity contribution is 0.0643. The summed E-state index contributed by atoms with van der Waals surface area (Å²) in [6.07, 6.45) is 2.77. The lowest BCUT2D eigenvalue weighted by Gasteiger charge is -2.30. The van der Waals surface area contributed by atoms with Crippen molar-refractivity contribution in [2.24, 2.45) is 5.73 Å². The molecule has 0 aliphatic heterocycles. The Kier molecular flexibility index (Phi) is 10.0. The molecule has 0 atom stereocenters. The van der Waals surface area contributed by atoms with Gasteiger partial charge in [0.25, 0.3) is 5.91 Å². The van der Waals surface area contributed by atoms with Crippen molar-refractivity contribution in [3.63, 3.8) is 0 Å². The maximum absolute atomic E-state index is 12.7. The topological polar surface area (TPSA) is 97.9 Å². The molecule has 180 valence electrons. The van der Waals surface area contributed by atoms with Crippen LogP contribution in [0.2, 0.25) is 0 Å². The van der Waals surface area contributed by atoms with Gasteiger partial charge in [0.05, 0.1) is 25.9 Å². The zero-order valence-corrected chi connectivity index (χ0v) is 20.4. The van der Waals surface area contributed by atoms with Crippen LogP contribution in [0.15, 0.2) is 42.5 Å². The van der Waals surface area contributed by atoms with Crippen LogP contribution in [0.3, 0.4) is 0 Å². The molecule has 0 aliphatic rings. The average molecular weight is 456 g/mol. The number of carbonyl (C=O) groups is 1. The van der Waals surface area contributed by atoms with Crippen molar-refractivity contribution in [1.29, 1.82) is 5.41 Å². The third-order valence-electron chi connectivity index (χ3n) is 5.24. The van der Waals surface area contributed by atoms with Crippen LogP contribution in [0.5, 0.6) is 17.2 Å². The molecule has 2 rings (SSSR count). The summed E-state index contributed by atoms with van der Waals surface area (Å²) in [6, 6.07) is 12.9. The second-order valence-corrected chi connectivity index (χ2v) is 8.46. The lowest BCUT2D eigenvalue weighted by atomic mass is 10.1. The van der Waals surface area contributed by atoms with Crippen LogP contribution in [0.25, 0.3) is 0 Å². The molecule has 7 heteroatoms. The van der Waals surface area contributed by atoms with Crippen LogP contribution >= 0.6 is 0 Å². The molecule has 1 amide bonds. The molecule has 0 spiro atoms. The summed E-state index contributed by atoms with van der Waals surface area (Å²) in [5.41, 5.74) is 6.77. The number of hydrogen-bond acceptors (Lipinski definition) is 5. The fourth-order valence-electron chi connectivity index (χ4n) is 3.65. The first-order chi connectivity index (χ1) is 15.7. The van der Waals surface area contributed by atoms with E-state index in [1.54, 1.807) is 25.3 Å². The van der Waals surface area contributed by atoms with E-state index in [0.717, 1.165) is 25.0 Å². The molecule has 0 aromatic heterocycles. The smallest absolute Gasteiger partial charge is 0.254 e. The summed E-state index contributed by atoms with van der Waals surface area (Å²) in [7, 11) is 1.54. The number of nitrogens with zero attached hydrogens (tertiary/aromatic N) is 1. The second kappa shape index (κ2) is 12.7. The van der Waals surface area contributed by atoms with Gasteiger partial charge in [-0.25, -0.2) is 0 Å². The molecule has 3 N–H and O–H groups in total. The molecule has 0 radical (unpaired) electrons.